The van der Waals surface area contributed by atoms with E-state index in [9.17, 15) is 14.4 Å². The van der Waals surface area contributed by atoms with Crippen molar-refractivity contribution >= 4 is 34.6 Å². The molecule has 2 aromatic rings. The second-order valence-corrected chi connectivity index (χ2v) is 8.75. The molecule has 0 spiro atoms. The number of thioether (sulfide) groups is 1. The highest BCUT2D eigenvalue weighted by Gasteiger charge is 2.19. The molecule has 0 bridgehead atoms. The van der Waals surface area contributed by atoms with Gasteiger partial charge in [0.05, 0.1) is 29.3 Å². The number of hydrogen-bond acceptors (Lipinski definition) is 7. The number of carbonyl (C=O) groups is 2. The van der Waals surface area contributed by atoms with Crippen LogP contribution in [-0.2, 0) is 20.8 Å². The molecule has 1 aromatic heterocycles. The first-order valence-electron chi connectivity index (χ1n) is 8.99. The van der Waals surface area contributed by atoms with E-state index >= 15 is 0 Å². The first-order valence-corrected chi connectivity index (χ1v) is 9.98. The minimum Gasteiger partial charge on any atom is -0.465 e. The maximum Gasteiger partial charge on any atom is 0.337 e. The molecule has 0 aliphatic carbocycles. The molecule has 0 saturated heterocycles. The van der Waals surface area contributed by atoms with Crippen molar-refractivity contribution in [2.45, 2.75) is 51.9 Å². The molecule has 0 N–H and O–H groups in total. The number of carbonyl (C=O) groups excluding carboxylic acids is 2. The lowest BCUT2D eigenvalue weighted by Crippen LogP contribution is -2.27. The predicted molar refractivity (Wildman–Crippen MR) is 109 cm³/mol. The number of esters is 2. The molecule has 0 unspecified atom stereocenters. The summed E-state index contributed by atoms with van der Waals surface area (Å²) in [4.78, 5) is 41.4. The minimum atomic E-state index is -0.582. The van der Waals surface area contributed by atoms with Crippen molar-refractivity contribution in [1.29, 1.82) is 0 Å². The number of ether oxygens (including phenoxy) is 2. The first kappa shape index (κ1) is 21.9. The van der Waals surface area contributed by atoms with E-state index in [-0.39, 0.29) is 23.2 Å². The van der Waals surface area contributed by atoms with Crippen LogP contribution >= 0.6 is 11.8 Å². The summed E-state index contributed by atoms with van der Waals surface area (Å²) in [5, 5.41) is 0.828. The smallest absolute Gasteiger partial charge is 0.337 e. The Morgan fingerprint density at radius 3 is 2.50 bits per heavy atom. The molecule has 1 aromatic carbocycles. The molecule has 0 radical (unpaired) electrons. The maximum atomic E-state index is 13.0. The van der Waals surface area contributed by atoms with Gasteiger partial charge in [-0.2, -0.15) is 0 Å². The Morgan fingerprint density at radius 1 is 1.25 bits per heavy atom. The maximum absolute atomic E-state index is 13.0. The third-order valence-electron chi connectivity index (χ3n) is 3.63. The molecule has 0 amide bonds. The van der Waals surface area contributed by atoms with Crippen molar-refractivity contribution in [2.24, 2.45) is 5.92 Å². The van der Waals surface area contributed by atoms with Gasteiger partial charge in [-0.05, 0) is 44.9 Å². The summed E-state index contributed by atoms with van der Waals surface area (Å²) in [6.45, 7) is 9.86. The largest absolute Gasteiger partial charge is 0.465 e. The van der Waals surface area contributed by atoms with Gasteiger partial charge in [0, 0.05) is 6.54 Å². The van der Waals surface area contributed by atoms with Gasteiger partial charge in [0.2, 0.25) is 0 Å². The molecular weight excluding hydrogens is 380 g/mol. The van der Waals surface area contributed by atoms with E-state index in [2.05, 4.69) is 4.98 Å². The molecule has 1 heterocycles. The Bertz CT molecular complexity index is 944. The van der Waals surface area contributed by atoms with E-state index in [0.29, 0.717) is 28.2 Å². The topological polar surface area (TPSA) is 87.5 Å². The van der Waals surface area contributed by atoms with Gasteiger partial charge in [0.15, 0.2) is 5.16 Å². The Morgan fingerprint density at radius 2 is 1.93 bits per heavy atom. The molecule has 28 heavy (non-hydrogen) atoms. The highest BCUT2D eigenvalue weighted by atomic mass is 32.2. The monoisotopic (exact) mass is 406 g/mol. The van der Waals surface area contributed by atoms with Gasteiger partial charge in [0.1, 0.15) is 5.60 Å². The van der Waals surface area contributed by atoms with Crippen molar-refractivity contribution < 1.29 is 19.1 Å². The molecule has 7 nitrogen and oxygen atoms in total. The van der Waals surface area contributed by atoms with Crippen LogP contribution in [0.5, 0.6) is 0 Å². The third-order valence-corrected chi connectivity index (χ3v) is 4.58. The fourth-order valence-corrected chi connectivity index (χ4v) is 3.36. The second kappa shape index (κ2) is 8.77. The molecular formula is C20H26N2O5S. The van der Waals surface area contributed by atoms with Crippen LogP contribution in [0, 0.1) is 5.92 Å². The number of methoxy groups -OCH3 is 1. The summed E-state index contributed by atoms with van der Waals surface area (Å²) < 4.78 is 11.6. The van der Waals surface area contributed by atoms with E-state index in [1.165, 1.54) is 13.2 Å². The van der Waals surface area contributed by atoms with Crippen LogP contribution < -0.4 is 5.56 Å². The summed E-state index contributed by atoms with van der Waals surface area (Å²) in [7, 11) is 1.29. The minimum absolute atomic E-state index is 0.0318. The van der Waals surface area contributed by atoms with Gasteiger partial charge in [-0.15, -0.1) is 0 Å². The van der Waals surface area contributed by atoms with Gasteiger partial charge in [0.25, 0.3) is 5.56 Å². The van der Waals surface area contributed by atoms with Gasteiger partial charge >= 0.3 is 11.9 Å². The number of fused-ring (bicyclic) bond motifs is 1. The first-order chi connectivity index (χ1) is 13.0. The third kappa shape index (κ3) is 5.58. The zero-order valence-electron chi connectivity index (χ0n) is 17.1. The average molecular weight is 407 g/mol. The van der Waals surface area contributed by atoms with Crippen LogP contribution in [-0.4, -0.2) is 40.0 Å². The van der Waals surface area contributed by atoms with Gasteiger partial charge in [-0.25, -0.2) is 9.78 Å². The Labute approximate surface area is 168 Å². The number of aromatic nitrogens is 2. The SMILES string of the molecule is COC(=O)c1ccc2c(=O)n(CC(C)C)c(SCC(=O)OC(C)(C)C)nc2c1. The zero-order chi connectivity index (χ0) is 21.1. The summed E-state index contributed by atoms with van der Waals surface area (Å²) in [6, 6.07) is 4.65. The number of nitrogens with zero attached hydrogens (tertiary/aromatic N) is 2. The van der Waals surface area contributed by atoms with Crippen LogP contribution in [0.25, 0.3) is 10.9 Å². The van der Waals surface area contributed by atoms with Crippen LogP contribution in [0.15, 0.2) is 28.2 Å². The second-order valence-electron chi connectivity index (χ2n) is 7.80. The van der Waals surface area contributed by atoms with Crippen LogP contribution in [0.2, 0.25) is 0 Å². The summed E-state index contributed by atoms with van der Waals surface area (Å²) in [5.74, 6) is -0.638. The van der Waals surface area contributed by atoms with Crippen molar-refractivity contribution in [1.82, 2.24) is 9.55 Å². The molecule has 0 fully saturated rings. The van der Waals surface area contributed by atoms with Crippen LogP contribution in [0.3, 0.4) is 0 Å². The highest BCUT2D eigenvalue weighted by molar-refractivity contribution is 7.99. The normalized spacial score (nSPS) is 11.7. The van der Waals surface area contributed by atoms with E-state index < -0.39 is 11.6 Å². The fourth-order valence-electron chi connectivity index (χ4n) is 2.58. The van der Waals surface area contributed by atoms with Crippen molar-refractivity contribution in [2.75, 3.05) is 12.9 Å². The average Bonchev–Trinajstić information content (AvgIpc) is 2.59. The summed E-state index contributed by atoms with van der Waals surface area (Å²) in [6.07, 6.45) is 0. The standard InChI is InChI=1S/C20H26N2O5S/c1-12(2)10-22-17(24)14-8-7-13(18(25)26-6)9-15(14)21-19(22)28-11-16(23)27-20(3,4)5/h7-9,12H,10-11H2,1-6H3. The van der Waals surface area contributed by atoms with E-state index in [1.807, 2.05) is 13.8 Å². The Balaban J connectivity index is 2.46. The fraction of sp³-hybridized carbons (Fsp3) is 0.500. The lowest BCUT2D eigenvalue weighted by Gasteiger charge is -2.20. The Hall–Kier alpha value is -2.35. The van der Waals surface area contributed by atoms with Gasteiger partial charge in [-0.1, -0.05) is 25.6 Å². The van der Waals surface area contributed by atoms with E-state index in [0.717, 1.165) is 11.8 Å². The number of hydrogen-bond donors (Lipinski definition) is 0. The lowest BCUT2D eigenvalue weighted by atomic mass is 10.1. The molecule has 0 aliphatic rings. The predicted octanol–water partition coefficient (Wildman–Crippen LogP) is 3.27. The molecule has 2 rings (SSSR count). The molecule has 0 atom stereocenters. The van der Waals surface area contributed by atoms with Crippen LogP contribution in [0.1, 0.15) is 45.0 Å². The number of benzene rings is 1. The van der Waals surface area contributed by atoms with E-state index in [4.69, 9.17) is 9.47 Å². The quantitative estimate of drug-likeness (QED) is 0.413. The van der Waals surface area contributed by atoms with Crippen molar-refractivity contribution in [3.05, 3.63) is 34.1 Å². The molecule has 152 valence electrons. The van der Waals surface area contributed by atoms with E-state index in [1.54, 1.807) is 37.5 Å². The highest BCUT2D eigenvalue weighted by Crippen LogP contribution is 2.21. The Kier molecular flexibility index (Phi) is 6.87. The zero-order valence-corrected chi connectivity index (χ0v) is 17.9. The molecule has 0 aliphatic heterocycles. The summed E-state index contributed by atoms with van der Waals surface area (Å²) in [5.41, 5.74) is -0.0884. The van der Waals surface area contributed by atoms with Crippen molar-refractivity contribution in [3.8, 4) is 0 Å². The lowest BCUT2D eigenvalue weighted by molar-refractivity contribution is -0.151. The van der Waals surface area contributed by atoms with Gasteiger partial charge in [-0.3, -0.25) is 14.2 Å². The molecule has 0 saturated carbocycles. The van der Waals surface area contributed by atoms with Crippen molar-refractivity contribution in [3.63, 3.8) is 0 Å². The summed E-state index contributed by atoms with van der Waals surface area (Å²) >= 11 is 1.15. The number of rotatable bonds is 6. The van der Waals surface area contributed by atoms with Gasteiger partial charge < -0.3 is 9.47 Å². The van der Waals surface area contributed by atoms with Crippen LogP contribution in [0.4, 0.5) is 0 Å². The molecule has 8 heteroatoms.